The van der Waals surface area contributed by atoms with Crippen LogP contribution in [0.15, 0.2) is 6.20 Å². The van der Waals surface area contributed by atoms with E-state index in [1.54, 1.807) is 0 Å². The normalized spacial score (nSPS) is 22.9. The van der Waals surface area contributed by atoms with E-state index >= 15 is 0 Å². The van der Waals surface area contributed by atoms with Crippen LogP contribution < -0.4 is 0 Å². The Bertz CT molecular complexity index is 622. The summed E-state index contributed by atoms with van der Waals surface area (Å²) in [6, 6.07) is 2.41. The third-order valence-corrected chi connectivity index (χ3v) is 9.31. The number of nitrogens with zero attached hydrogens (tertiary/aromatic N) is 3. The van der Waals surface area contributed by atoms with Gasteiger partial charge in [-0.15, -0.1) is 0 Å². The van der Waals surface area contributed by atoms with Crippen LogP contribution in [-0.4, -0.2) is 16.5 Å². The second-order valence-corrected chi connectivity index (χ2v) is 13.5. The molecule has 3 nitrogen and oxygen atoms in total. The summed E-state index contributed by atoms with van der Waals surface area (Å²) in [6.45, 7) is 2.30. The van der Waals surface area contributed by atoms with E-state index in [2.05, 4.69) is 88.7 Å². The van der Waals surface area contributed by atoms with E-state index in [4.69, 9.17) is 0 Å². The Morgan fingerprint density at radius 1 is 0.815 bits per heavy atom. The van der Waals surface area contributed by atoms with E-state index in [1.165, 1.54) is 99.4 Å². The van der Waals surface area contributed by atoms with Gasteiger partial charge >= 0.3 is 127 Å². The number of halogens is 2. The largest absolute Gasteiger partial charge is 0.185 e. The van der Waals surface area contributed by atoms with Gasteiger partial charge in [0.15, 0.2) is 0 Å². The Morgan fingerprint density at radius 2 is 1.30 bits per heavy atom. The van der Waals surface area contributed by atoms with Crippen molar-refractivity contribution in [3.05, 3.63) is 15.7 Å². The monoisotopic (exact) mass is 778 g/mol. The van der Waals surface area contributed by atoms with Gasteiger partial charge in [-0.3, -0.25) is 0 Å². The third-order valence-electron chi connectivity index (χ3n) is 6.60. The Hall–Kier alpha value is 1.32. The molecule has 0 spiro atoms. The molecule has 0 atom stereocenters. The van der Waals surface area contributed by atoms with Crippen LogP contribution in [0, 0.1) is 10.7 Å². The standard InChI is InChI=1S/C16H26N2.C5H9I2N.Pt/c1-14-12-17(15-8-4-2-5-9-15)13-18(14)16-10-6-3-7-11-16;6-8(7)5-3-1-2-4-5;/h12,15-16H,2-11H2,1H3;5H,1-4H2;. The van der Waals surface area contributed by atoms with E-state index in [1.807, 2.05) is 0 Å². The second-order valence-electron chi connectivity index (χ2n) is 8.57. The van der Waals surface area contributed by atoms with Gasteiger partial charge in [-0.2, -0.15) is 1.33 Å². The Labute approximate surface area is 204 Å². The summed E-state index contributed by atoms with van der Waals surface area (Å²) in [5.41, 5.74) is 1.47. The molecule has 1 aromatic heterocycles. The molecule has 1 aromatic rings. The number of aromatic nitrogens is 2. The molecule has 3 aliphatic carbocycles. The van der Waals surface area contributed by atoms with Gasteiger partial charge in [0, 0.05) is 51.8 Å². The number of rotatable bonds is 3. The molecule has 6 heteroatoms. The van der Waals surface area contributed by atoms with E-state index in [0.29, 0.717) is 0 Å². The molecule has 4 rings (SSSR count). The fraction of sp³-hybridized carbons (Fsp3) is 0.857. The van der Waals surface area contributed by atoms with Crippen LogP contribution in [0.3, 0.4) is 0 Å². The van der Waals surface area contributed by atoms with Gasteiger partial charge in [-0.25, -0.2) is 0 Å². The van der Waals surface area contributed by atoms with Gasteiger partial charge < -0.3 is 0 Å². The number of hydrogen-bond donors (Lipinski definition) is 0. The van der Waals surface area contributed by atoms with Crippen molar-refractivity contribution in [2.75, 3.05) is 0 Å². The molecule has 0 N–H and O–H groups in total. The molecular formula is C21H35I2N3Pt. The van der Waals surface area contributed by atoms with E-state index in [9.17, 15) is 0 Å². The van der Waals surface area contributed by atoms with Crippen molar-refractivity contribution in [1.82, 2.24) is 10.5 Å². The Balaban J connectivity index is 0.000000221. The Morgan fingerprint density at radius 3 is 1.78 bits per heavy atom. The van der Waals surface area contributed by atoms with Gasteiger partial charge in [-0.05, 0) is 12.8 Å². The van der Waals surface area contributed by atoms with Crippen molar-refractivity contribution in [2.24, 2.45) is 0 Å². The number of hydrogen-bond acceptors (Lipinski definition) is 1. The van der Waals surface area contributed by atoms with Crippen LogP contribution >= 0.6 is 45.7 Å². The number of aryl methyl sites for hydroxylation is 1. The SMILES string of the molecule is Cc1cn(C2CCCCC2)[c](=[Pt])n1C1CCCCC1.IN(I)C1CCCC1. The predicted molar refractivity (Wildman–Crippen MR) is 127 cm³/mol. The molecule has 27 heavy (non-hydrogen) atoms. The molecule has 1 heterocycles. The van der Waals surface area contributed by atoms with Crippen LogP contribution in [0.5, 0.6) is 0 Å². The van der Waals surface area contributed by atoms with Crippen molar-refractivity contribution in [3.8, 4) is 0 Å². The van der Waals surface area contributed by atoms with Gasteiger partial charge in [0.25, 0.3) is 0 Å². The number of imidazole rings is 1. The topological polar surface area (TPSA) is 13.1 Å². The quantitative estimate of drug-likeness (QED) is 0.228. The summed E-state index contributed by atoms with van der Waals surface area (Å²) in [4.78, 5) is 0. The maximum atomic E-state index is 2.63. The Kier molecular flexibility index (Phi) is 9.91. The predicted octanol–water partition coefficient (Wildman–Crippen LogP) is 7.62. The van der Waals surface area contributed by atoms with Crippen LogP contribution in [0.2, 0.25) is 0 Å². The minimum absolute atomic E-state index is 0.768. The minimum Gasteiger partial charge on any atom is -0.185 e. The average molecular weight is 778 g/mol. The molecule has 0 aromatic carbocycles. The summed E-state index contributed by atoms with van der Waals surface area (Å²) >= 11 is 7.30. The molecule has 0 unspecified atom stereocenters. The zero-order valence-corrected chi connectivity index (χ0v) is 23.2. The van der Waals surface area contributed by atoms with Crippen LogP contribution in [0.1, 0.15) is 108 Å². The molecule has 3 fully saturated rings. The van der Waals surface area contributed by atoms with Crippen molar-refractivity contribution >= 4 is 45.7 Å². The fourth-order valence-electron chi connectivity index (χ4n) is 5.04. The molecule has 0 amide bonds. The minimum atomic E-state index is 0.768. The molecule has 3 saturated carbocycles. The fourth-order valence-corrected chi connectivity index (χ4v) is 7.53. The van der Waals surface area contributed by atoms with Gasteiger partial charge in [0.2, 0.25) is 0 Å². The zero-order valence-electron chi connectivity index (χ0n) is 16.6. The molecule has 0 aliphatic heterocycles. The summed E-state index contributed by atoms with van der Waals surface area (Å²) < 4.78 is 8.99. The van der Waals surface area contributed by atoms with Crippen molar-refractivity contribution in [3.63, 3.8) is 0 Å². The van der Waals surface area contributed by atoms with E-state index in [-0.39, 0.29) is 0 Å². The van der Waals surface area contributed by atoms with E-state index in [0.717, 1.165) is 18.1 Å². The maximum absolute atomic E-state index is 2.63. The zero-order chi connectivity index (χ0) is 19.2. The van der Waals surface area contributed by atoms with Crippen molar-refractivity contribution < 1.29 is 19.4 Å². The molecule has 158 valence electrons. The van der Waals surface area contributed by atoms with Crippen LogP contribution in [0.4, 0.5) is 0 Å². The first-order valence-corrected chi connectivity index (χ1v) is 14.0. The third kappa shape index (κ3) is 6.40. The van der Waals surface area contributed by atoms with Crippen LogP contribution in [-0.2, 0) is 19.4 Å². The average Bonchev–Trinajstić information content (AvgIpc) is 3.32. The summed E-state index contributed by atoms with van der Waals surface area (Å²) in [7, 11) is 0. The van der Waals surface area contributed by atoms with Gasteiger partial charge in [0.05, 0.1) is 0 Å². The molecular weight excluding hydrogens is 743 g/mol. The first-order chi connectivity index (χ1) is 13.1. The molecule has 0 saturated heterocycles. The molecule has 0 radical (unpaired) electrons. The van der Waals surface area contributed by atoms with E-state index < -0.39 is 0 Å². The van der Waals surface area contributed by atoms with Crippen molar-refractivity contribution in [1.29, 1.82) is 0 Å². The van der Waals surface area contributed by atoms with Gasteiger partial charge in [0.1, 0.15) is 0 Å². The second kappa shape index (κ2) is 11.6. The molecule has 3 aliphatic rings. The first-order valence-electron chi connectivity index (χ1n) is 10.9. The van der Waals surface area contributed by atoms with Crippen molar-refractivity contribution in [2.45, 2.75) is 115 Å². The first kappa shape index (κ1) is 23.0. The summed E-state index contributed by atoms with van der Waals surface area (Å²) in [5.74, 6) is 0. The molecule has 0 bridgehead atoms. The van der Waals surface area contributed by atoms with Crippen LogP contribution in [0.25, 0.3) is 0 Å². The summed E-state index contributed by atoms with van der Waals surface area (Å²) in [6.07, 6.45) is 22.2. The van der Waals surface area contributed by atoms with Gasteiger partial charge in [-0.1, -0.05) is 12.8 Å². The smallest absolute Gasteiger partial charge is 0.0311 e. The maximum Gasteiger partial charge on any atom is 0.0311 e. The summed E-state index contributed by atoms with van der Waals surface area (Å²) in [5, 5.41) is 0.